The molecule has 0 atom stereocenters. The van der Waals surface area contributed by atoms with Gasteiger partial charge in [-0.15, -0.1) is 35.9 Å². The minimum Gasteiger partial charge on any atom is -0.289 e. The van der Waals surface area contributed by atoms with Crippen LogP contribution in [-0.4, -0.2) is 4.98 Å². The monoisotopic (exact) mass is 393 g/mol. The van der Waals surface area contributed by atoms with Crippen molar-refractivity contribution in [3.05, 3.63) is 48.5 Å². The van der Waals surface area contributed by atoms with Gasteiger partial charge in [0.2, 0.25) is 8.46 Å². The number of nitrogens with zero attached hydrogens (tertiary/aromatic N) is 1. The van der Waals surface area contributed by atoms with E-state index in [0.717, 1.165) is 11.3 Å². The zero-order chi connectivity index (χ0) is 9.80. The molecule has 0 bridgehead atoms. The summed E-state index contributed by atoms with van der Waals surface area (Å²) in [6, 6.07) is 16.1. The van der Waals surface area contributed by atoms with Crippen molar-refractivity contribution >= 4 is 13.9 Å². The molecule has 2 nitrogen and oxygen atoms in total. The molecule has 1 aromatic heterocycles. The van der Waals surface area contributed by atoms with E-state index in [1.165, 1.54) is 0 Å². The molecular formula is C11H7IrNOP-. The van der Waals surface area contributed by atoms with Crippen LogP contribution in [0.4, 0.5) is 0 Å². The second-order valence-corrected chi connectivity index (χ2v) is 3.39. The summed E-state index contributed by atoms with van der Waals surface area (Å²) in [5.74, 6) is 0. The Morgan fingerprint density at radius 3 is 2.67 bits per heavy atom. The topological polar surface area (TPSA) is 30.0 Å². The summed E-state index contributed by atoms with van der Waals surface area (Å²) < 4.78 is 10.6. The van der Waals surface area contributed by atoms with Crippen molar-refractivity contribution in [2.45, 2.75) is 0 Å². The fourth-order valence-corrected chi connectivity index (χ4v) is 1.47. The first-order valence-corrected chi connectivity index (χ1v) is 4.99. The molecule has 2 rings (SSSR count). The van der Waals surface area contributed by atoms with Gasteiger partial charge < -0.3 is 0 Å². The normalized spacial score (nSPS) is 9.60. The van der Waals surface area contributed by atoms with Crippen molar-refractivity contribution in [1.82, 2.24) is 4.98 Å². The van der Waals surface area contributed by atoms with Crippen molar-refractivity contribution in [3.63, 3.8) is 0 Å². The van der Waals surface area contributed by atoms with Crippen LogP contribution in [0, 0.1) is 6.07 Å². The second kappa shape index (κ2) is 5.87. The number of pyridine rings is 1. The predicted octanol–water partition coefficient (Wildman–Crippen LogP) is 2.46. The third-order valence-electron chi connectivity index (χ3n) is 1.81. The molecule has 2 aromatic rings. The van der Waals surface area contributed by atoms with E-state index in [1.54, 1.807) is 6.07 Å². The van der Waals surface area contributed by atoms with E-state index in [4.69, 9.17) is 0 Å². The molecular weight excluding hydrogens is 385 g/mol. The largest absolute Gasteiger partial charge is 0.289 e. The molecule has 1 aromatic carbocycles. The van der Waals surface area contributed by atoms with E-state index < -0.39 is 0 Å². The van der Waals surface area contributed by atoms with Crippen molar-refractivity contribution in [2.24, 2.45) is 0 Å². The average molecular weight is 392 g/mol. The van der Waals surface area contributed by atoms with Gasteiger partial charge in [0.25, 0.3) is 0 Å². The maximum atomic E-state index is 10.6. The third-order valence-corrected chi connectivity index (χ3v) is 2.25. The van der Waals surface area contributed by atoms with Crippen LogP contribution in [0.3, 0.4) is 0 Å². The summed E-state index contributed by atoms with van der Waals surface area (Å²) in [6.07, 6.45) is 0. The zero-order valence-corrected chi connectivity index (χ0v) is 11.0. The van der Waals surface area contributed by atoms with Crippen molar-refractivity contribution in [1.29, 1.82) is 0 Å². The summed E-state index contributed by atoms with van der Waals surface area (Å²) >= 11 is 0. The predicted molar refractivity (Wildman–Crippen MR) is 55.7 cm³/mol. The third kappa shape index (κ3) is 3.03. The van der Waals surface area contributed by atoms with E-state index in [9.17, 15) is 4.57 Å². The van der Waals surface area contributed by atoms with Gasteiger partial charge in [0.1, 0.15) is 5.44 Å². The van der Waals surface area contributed by atoms with E-state index >= 15 is 0 Å². The van der Waals surface area contributed by atoms with E-state index in [-0.39, 0.29) is 28.6 Å². The van der Waals surface area contributed by atoms with Gasteiger partial charge in [0.05, 0.1) is 0 Å². The van der Waals surface area contributed by atoms with Gasteiger partial charge in [-0.25, -0.2) is 0 Å². The summed E-state index contributed by atoms with van der Waals surface area (Å²) in [4.78, 5) is 4.21. The molecule has 4 heteroatoms. The Hall–Kier alpha value is -0.881. The minimum atomic E-state index is -0.0505. The van der Waals surface area contributed by atoms with E-state index in [0.29, 0.717) is 5.44 Å². The Balaban J connectivity index is 0.00000112. The Morgan fingerprint density at radius 2 is 2.00 bits per heavy atom. The maximum Gasteiger partial charge on any atom is 0.211 e. The Bertz CT molecular complexity index is 447. The van der Waals surface area contributed by atoms with E-state index in [2.05, 4.69) is 11.1 Å². The quantitative estimate of drug-likeness (QED) is 0.581. The minimum absolute atomic E-state index is 0. The number of aromatic nitrogens is 1. The summed E-state index contributed by atoms with van der Waals surface area (Å²) in [6.45, 7) is 0. The smallest absolute Gasteiger partial charge is 0.211 e. The van der Waals surface area contributed by atoms with Gasteiger partial charge in [-0.3, -0.25) is 9.55 Å². The Morgan fingerprint density at radius 1 is 1.13 bits per heavy atom. The molecule has 0 aliphatic carbocycles. The number of benzene rings is 1. The van der Waals surface area contributed by atoms with Crippen LogP contribution < -0.4 is 5.44 Å². The van der Waals surface area contributed by atoms with Gasteiger partial charge in [0.15, 0.2) is 0 Å². The zero-order valence-electron chi connectivity index (χ0n) is 7.68. The first kappa shape index (κ1) is 12.2. The van der Waals surface area contributed by atoms with Gasteiger partial charge in [-0.2, -0.15) is 0 Å². The molecule has 0 saturated heterocycles. The molecule has 0 fully saturated rings. The van der Waals surface area contributed by atoms with Gasteiger partial charge in [-0.05, 0) is 11.8 Å². The summed E-state index contributed by atoms with van der Waals surface area (Å²) in [7, 11) is -0.0505. The first-order valence-electron chi connectivity index (χ1n) is 4.17. The fourth-order valence-electron chi connectivity index (χ4n) is 1.18. The van der Waals surface area contributed by atoms with Crippen LogP contribution in [0.25, 0.3) is 11.3 Å². The molecule has 0 saturated carbocycles. The summed E-state index contributed by atoms with van der Waals surface area (Å²) in [5.41, 5.74) is 2.25. The van der Waals surface area contributed by atoms with Crippen LogP contribution >= 0.6 is 8.46 Å². The Labute approximate surface area is 103 Å². The van der Waals surface area contributed by atoms with Gasteiger partial charge in [-0.1, -0.05) is 12.1 Å². The molecule has 1 radical (unpaired) electrons. The number of hydrogen-bond donors (Lipinski definition) is 0. The van der Waals surface area contributed by atoms with Crippen LogP contribution in [0.1, 0.15) is 0 Å². The van der Waals surface area contributed by atoms with Crippen LogP contribution in [0.5, 0.6) is 0 Å². The molecule has 0 amide bonds. The average Bonchev–Trinajstić information content (AvgIpc) is 2.30. The van der Waals surface area contributed by atoms with E-state index in [1.807, 2.05) is 36.4 Å². The second-order valence-electron chi connectivity index (χ2n) is 2.75. The SMILES string of the molecule is O=Pc1cccc(-c2[c-]cccc2)n1.[Ir]. The van der Waals surface area contributed by atoms with Crippen LogP contribution in [0.2, 0.25) is 0 Å². The molecule has 0 spiro atoms. The van der Waals surface area contributed by atoms with Gasteiger partial charge >= 0.3 is 0 Å². The molecule has 77 valence electrons. The van der Waals surface area contributed by atoms with Crippen LogP contribution in [-0.2, 0) is 24.7 Å². The molecule has 1 heterocycles. The molecule has 15 heavy (non-hydrogen) atoms. The molecule has 0 aliphatic rings. The fraction of sp³-hybridized carbons (Fsp3) is 0. The standard InChI is InChI=1S/C11H7NOP.Ir/c13-14-11-8-4-7-10(12-11)9-5-2-1-3-6-9;/h1-5,7-8H;/q-1;. The summed E-state index contributed by atoms with van der Waals surface area (Å²) in [5, 5.41) is 0. The molecule has 0 N–H and O–H groups in total. The first-order chi connectivity index (χ1) is 6.90. The molecule has 0 aliphatic heterocycles. The maximum absolute atomic E-state index is 10.6. The van der Waals surface area contributed by atoms with Crippen molar-refractivity contribution in [2.75, 3.05) is 0 Å². The van der Waals surface area contributed by atoms with Crippen molar-refractivity contribution in [3.8, 4) is 11.3 Å². The Kier molecular flexibility index (Phi) is 4.77. The van der Waals surface area contributed by atoms with Crippen LogP contribution in [0.15, 0.2) is 42.5 Å². The number of rotatable bonds is 2. The molecule has 0 unspecified atom stereocenters. The van der Waals surface area contributed by atoms with Crippen molar-refractivity contribution < 1.29 is 24.7 Å². The van der Waals surface area contributed by atoms with Gasteiger partial charge in [0, 0.05) is 20.1 Å². The number of hydrogen-bond acceptors (Lipinski definition) is 2.